The van der Waals surface area contributed by atoms with E-state index >= 15 is 0 Å². The number of hydrogen-bond donors (Lipinski definition) is 1. The first-order valence-electron chi connectivity index (χ1n) is 6.48. The SMILES string of the molecule is CC(CN)SCCOc1ccc(C(C)(C)C)cc1. The molecule has 0 heterocycles. The van der Waals surface area contributed by atoms with Crippen molar-refractivity contribution >= 4 is 11.8 Å². The Balaban J connectivity index is 2.36. The molecule has 1 aromatic rings. The largest absolute Gasteiger partial charge is 0.493 e. The fourth-order valence-corrected chi connectivity index (χ4v) is 2.25. The van der Waals surface area contributed by atoms with Crippen molar-refractivity contribution in [3.05, 3.63) is 29.8 Å². The van der Waals surface area contributed by atoms with Gasteiger partial charge in [-0.15, -0.1) is 0 Å². The number of thioether (sulfide) groups is 1. The molecule has 0 spiro atoms. The van der Waals surface area contributed by atoms with E-state index in [-0.39, 0.29) is 5.41 Å². The van der Waals surface area contributed by atoms with Gasteiger partial charge in [0.25, 0.3) is 0 Å². The van der Waals surface area contributed by atoms with Gasteiger partial charge in [0, 0.05) is 17.5 Å². The summed E-state index contributed by atoms with van der Waals surface area (Å²) in [5, 5.41) is 0.511. The third-order valence-electron chi connectivity index (χ3n) is 2.81. The Hall–Kier alpha value is -0.670. The average Bonchev–Trinajstić information content (AvgIpc) is 2.33. The lowest BCUT2D eigenvalue weighted by atomic mass is 9.87. The van der Waals surface area contributed by atoms with E-state index in [1.807, 2.05) is 11.8 Å². The maximum Gasteiger partial charge on any atom is 0.119 e. The smallest absolute Gasteiger partial charge is 0.119 e. The molecule has 0 amide bonds. The van der Waals surface area contributed by atoms with Gasteiger partial charge in [-0.25, -0.2) is 0 Å². The molecule has 0 radical (unpaired) electrons. The summed E-state index contributed by atoms with van der Waals surface area (Å²) in [4.78, 5) is 0. The first-order valence-corrected chi connectivity index (χ1v) is 7.53. The predicted octanol–water partition coefficient (Wildman–Crippen LogP) is 3.44. The molecule has 0 aromatic heterocycles. The molecule has 1 rings (SSSR count). The quantitative estimate of drug-likeness (QED) is 0.802. The van der Waals surface area contributed by atoms with Gasteiger partial charge in [0.1, 0.15) is 5.75 Å². The Morgan fingerprint density at radius 3 is 2.33 bits per heavy atom. The summed E-state index contributed by atoms with van der Waals surface area (Å²) in [5.41, 5.74) is 7.09. The summed E-state index contributed by atoms with van der Waals surface area (Å²) in [6.07, 6.45) is 0. The summed E-state index contributed by atoms with van der Waals surface area (Å²) in [7, 11) is 0. The van der Waals surface area contributed by atoms with Gasteiger partial charge in [-0.05, 0) is 23.1 Å². The topological polar surface area (TPSA) is 35.2 Å². The molecule has 3 heteroatoms. The summed E-state index contributed by atoms with van der Waals surface area (Å²) >= 11 is 1.85. The number of ether oxygens (including phenoxy) is 1. The lowest BCUT2D eigenvalue weighted by molar-refractivity contribution is 0.343. The van der Waals surface area contributed by atoms with Crippen LogP contribution in [0.1, 0.15) is 33.3 Å². The highest BCUT2D eigenvalue weighted by Gasteiger charge is 2.12. The zero-order valence-corrected chi connectivity index (χ0v) is 12.7. The van der Waals surface area contributed by atoms with E-state index in [2.05, 4.69) is 52.0 Å². The van der Waals surface area contributed by atoms with E-state index in [1.54, 1.807) is 0 Å². The summed E-state index contributed by atoms with van der Waals surface area (Å²) in [6.45, 7) is 10.3. The zero-order valence-electron chi connectivity index (χ0n) is 11.9. The molecule has 0 fully saturated rings. The van der Waals surface area contributed by atoms with Gasteiger partial charge in [0.2, 0.25) is 0 Å². The van der Waals surface area contributed by atoms with Crippen molar-refractivity contribution in [2.75, 3.05) is 18.9 Å². The zero-order chi connectivity index (χ0) is 13.6. The van der Waals surface area contributed by atoms with Gasteiger partial charge in [0.15, 0.2) is 0 Å². The molecule has 102 valence electrons. The van der Waals surface area contributed by atoms with E-state index in [9.17, 15) is 0 Å². The molecule has 2 nitrogen and oxygen atoms in total. The van der Waals surface area contributed by atoms with Crippen molar-refractivity contribution in [2.24, 2.45) is 5.73 Å². The van der Waals surface area contributed by atoms with Crippen LogP contribution in [0.2, 0.25) is 0 Å². The summed E-state index contributed by atoms with van der Waals surface area (Å²) < 4.78 is 5.71. The van der Waals surface area contributed by atoms with Crippen molar-refractivity contribution in [1.29, 1.82) is 0 Å². The predicted molar refractivity (Wildman–Crippen MR) is 81.6 cm³/mol. The Bertz CT molecular complexity index is 343. The van der Waals surface area contributed by atoms with Gasteiger partial charge in [-0.2, -0.15) is 11.8 Å². The minimum atomic E-state index is 0.199. The first-order chi connectivity index (χ1) is 8.43. The lowest BCUT2D eigenvalue weighted by Crippen LogP contribution is -2.14. The Labute approximate surface area is 115 Å². The van der Waals surface area contributed by atoms with Crippen LogP contribution in [0.4, 0.5) is 0 Å². The van der Waals surface area contributed by atoms with Crippen LogP contribution in [-0.2, 0) is 5.41 Å². The first kappa shape index (κ1) is 15.4. The van der Waals surface area contributed by atoms with Gasteiger partial charge in [-0.3, -0.25) is 0 Å². The molecule has 18 heavy (non-hydrogen) atoms. The van der Waals surface area contributed by atoms with Crippen molar-refractivity contribution in [2.45, 2.75) is 38.4 Å². The molecule has 1 aromatic carbocycles. The fourth-order valence-electron chi connectivity index (χ4n) is 1.53. The molecule has 0 saturated heterocycles. The van der Waals surface area contributed by atoms with Crippen LogP contribution in [0.15, 0.2) is 24.3 Å². The van der Waals surface area contributed by atoms with Crippen molar-refractivity contribution in [3.8, 4) is 5.75 Å². The Kier molecular flexibility index (Phi) is 6.03. The molecule has 0 aliphatic heterocycles. The fraction of sp³-hybridized carbons (Fsp3) is 0.600. The number of nitrogens with two attached hydrogens (primary N) is 1. The van der Waals surface area contributed by atoms with Crippen LogP contribution >= 0.6 is 11.8 Å². The molecule has 1 unspecified atom stereocenters. The van der Waals surface area contributed by atoms with Gasteiger partial charge < -0.3 is 10.5 Å². The van der Waals surface area contributed by atoms with E-state index in [4.69, 9.17) is 10.5 Å². The molecule has 0 aliphatic rings. The molecule has 2 N–H and O–H groups in total. The molecule has 0 saturated carbocycles. The van der Waals surface area contributed by atoms with Crippen LogP contribution in [-0.4, -0.2) is 24.2 Å². The van der Waals surface area contributed by atoms with E-state index in [0.29, 0.717) is 5.25 Å². The highest BCUT2D eigenvalue weighted by Crippen LogP contribution is 2.24. The van der Waals surface area contributed by atoms with Crippen LogP contribution in [0.3, 0.4) is 0 Å². The third-order valence-corrected chi connectivity index (χ3v) is 3.97. The summed E-state index contributed by atoms with van der Waals surface area (Å²) in [6, 6.07) is 8.39. The van der Waals surface area contributed by atoms with E-state index in [1.165, 1.54) is 5.56 Å². The van der Waals surface area contributed by atoms with Crippen LogP contribution in [0.25, 0.3) is 0 Å². The molecule has 1 atom stereocenters. The summed E-state index contributed by atoms with van der Waals surface area (Å²) in [5.74, 6) is 1.93. The van der Waals surface area contributed by atoms with Crippen LogP contribution in [0.5, 0.6) is 5.75 Å². The number of benzene rings is 1. The molecule has 0 bridgehead atoms. The number of rotatable bonds is 6. The second kappa shape index (κ2) is 7.05. The average molecular weight is 267 g/mol. The third kappa shape index (κ3) is 5.32. The maximum absolute atomic E-state index is 5.71. The van der Waals surface area contributed by atoms with Crippen molar-refractivity contribution < 1.29 is 4.74 Å². The highest BCUT2D eigenvalue weighted by molar-refractivity contribution is 7.99. The number of hydrogen-bond acceptors (Lipinski definition) is 3. The normalized spacial score (nSPS) is 13.4. The molecule has 0 aliphatic carbocycles. The molecular formula is C15H25NOS. The van der Waals surface area contributed by atoms with Crippen molar-refractivity contribution in [3.63, 3.8) is 0 Å². The lowest BCUT2D eigenvalue weighted by Gasteiger charge is -2.19. The Morgan fingerprint density at radius 2 is 1.83 bits per heavy atom. The highest BCUT2D eigenvalue weighted by atomic mass is 32.2. The second-order valence-corrected chi connectivity index (χ2v) is 7.09. The Morgan fingerprint density at radius 1 is 1.22 bits per heavy atom. The van der Waals surface area contributed by atoms with Gasteiger partial charge >= 0.3 is 0 Å². The van der Waals surface area contributed by atoms with E-state index in [0.717, 1.165) is 24.7 Å². The second-order valence-electron chi connectivity index (χ2n) is 5.54. The van der Waals surface area contributed by atoms with Gasteiger partial charge in [0.05, 0.1) is 6.61 Å². The minimum absolute atomic E-state index is 0.199. The standard InChI is InChI=1S/C15H25NOS/c1-12(11-16)18-10-9-17-14-7-5-13(6-8-14)15(2,3)4/h5-8,12H,9-11,16H2,1-4H3. The van der Waals surface area contributed by atoms with Crippen LogP contribution < -0.4 is 10.5 Å². The molecular weight excluding hydrogens is 242 g/mol. The van der Waals surface area contributed by atoms with Gasteiger partial charge in [-0.1, -0.05) is 39.8 Å². The van der Waals surface area contributed by atoms with Crippen molar-refractivity contribution in [1.82, 2.24) is 0 Å². The van der Waals surface area contributed by atoms with Crippen LogP contribution in [0, 0.1) is 0 Å². The van der Waals surface area contributed by atoms with E-state index < -0.39 is 0 Å². The monoisotopic (exact) mass is 267 g/mol. The minimum Gasteiger partial charge on any atom is -0.493 e. The maximum atomic E-state index is 5.71.